The van der Waals surface area contributed by atoms with Crippen LogP contribution >= 0.6 is 0 Å². The maximum atomic E-state index is 12.7. The van der Waals surface area contributed by atoms with Crippen LogP contribution in [0.25, 0.3) is 0 Å². The average molecular weight is 323 g/mol. The molecule has 2 aliphatic rings. The summed E-state index contributed by atoms with van der Waals surface area (Å²) in [5.74, 6) is 0.880. The number of amides is 1. The van der Waals surface area contributed by atoms with Crippen molar-refractivity contribution in [1.82, 2.24) is 0 Å². The van der Waals surface area contributed by atoms with E-state index in [0.29, 0.717) is 30.4 Å². The van der Waals surface area contributed by atoms with Gasteiger partial charge >= 0.3 is 0 Å². The minimum atomic E-state index is -0.221. The van der Waals surface area contributed by atoms with Crippen LogP contribution in [0, 0.1) is 6.92 Å². The molecule has 0 aromatic heterocycles. The van der Waals surface area contributed by atoms with Gasteiger partial charge in [0.1, 0.15) is 19.0 Å². The highest BCUT2D eigenvalue weighted by Crippen LogP contribution is 2.43. The largest absolute Gasteiger partial charge is 0.486 e. The molecule has 0 bridgehead atoms. The van der Waals surface area contributed by atoms with Crippen LogP contribution < -0.4 is 14.4 Å². The minimum absolute atomic E-state index is 0.112. The second-order valence-electron chi connectivity index (χ2n) is 6.05. The minimum Gasteiger partial charge on any atom is -0.486 e. The molecule has 0 unspecified atom stereocenters. The maximum Gasteiger partial charge on any atom is 0.239 e. The zero-order chi connectivity index (χ0) is 16.7. The number of hydrogen-bond acceptors (Lipinski definition) is 4. The van der Waals surface area contributed by atoms with Gasteiger partial charge in [0.2, 0.25) is 5.91 Å². The zero-order valence-electron chi connectivity index (χ0n) is 13.4. The predicted octanol–water partition coefficient (Wildman–Crippen LogP) is 2.95. The van der Waals surface area contributed by atoms with E-state index in [-0.39, 0.29) is 24.5 Å². The average Bonchev–Trinajstić information content (AvgIpc) is 2.69. The molecule has 0 spiro atoms. The summed E-state index contributed by atoms with van der Waals surface area (Å²) in [6.07, 6.45) is 0.0637. The Labute approximate surface area is 139 Å². The molecule has 4 rings (SSSR count). The Morgan fingerprint density at radius 1 is 1.00 bits per heavy atom. The lowest BCUT2D eigenvalue weighted by molar-refractivity contribution is -0.125. The fourth-order valence-electron chi connectivity index (χ4n) is 3.24. The summed E-state index contributed by atoms with van der Waals surface area (Å²) in [7, 11) is 0. The molecule has 2 heterocycles. The lowest BCUT2D eigenvalue weighted by Crippen LogP contribution is -2.26. The van der Waals surface area contributed by atoms with E-state index in [1.54, 1.807) is 11.0 Å². The van der Waals surface area contributed by atoms with Gasteiger partial charge in [-0.1, -0.05) is 12.1 Å². The predicted molar refractivity (Wildman–Crippen MR) is 89.1 cm³/mol. The Kier molecular flexibility index (Phi) is 3.49. The highest BCUT2D eigenvalue weighted by Gasteiger charge is 2.32. The molecule has 0 fully saturated rings. The van der Waals surface area contributed by atoms with Crippen molar-refractivity contribution in [2.45, 2.75) is 19.8 Å². The van der Waals surface area contributed by atoms with Gasteiger partial charge in [0.05, 0.1) is 12.1 Å². The summed E-state index contributed by atoms with van der Waals surface area (Å²) in [5, 5.41) is 0. The van der Waals surface area contributed by atoms with E-state index in [0.717, 1.165) is 16.8 Å². The molecule has 2 aliphatic heterocycles. The lowest BCUT2D eigenvalue weighted by Gasteiger charge is -2.27. The van der Waals surface area contributed by atoms with Gasteiger partial charge in [0, 0.05) is 17.7 Å². The van der Waals surface area contributed by atoms with Gasteiger partial charge in [-0.3, -0.25) is 14.5 Å². The monoisotopic (exact) mass is 323 g/mol. The summed E-state index contributed by atoms with van der Waals surface area (Å²) < 4.78 is 11.4. The first-order valence-electron chi connectivity index (χ1n) is 7.96. The van der Waals surface area contributed by atoms with E-state index in [1.807, 2.05) is 37.3 Å². The number of benzene rings is 2. The van der Waals surface area contributed by atoms with Gasteiger partial charge in [0.15, 0.2) is 11.5 Å². The quantitative estimate of drug-likeness (QED) is 0.757. The summed E-state index contributed by atoms with van der Waals surface area (Å²) in [5.41, 5.74) is 3.23. The number of aryl methyl sites for hydroxylation is 1. The maximum absolute atomic E-state index is 12.7. The number of hydrogen-bond donors (Lipinski definition) is 0. The van der Waals surface area contributed by atoms with Crippen molar-refractivity contribution >= 4 is 23.1 Å². The number of carbonyl (C=O) groups excluding carboxylic acids is 2. The lowest BCUT2D eigenvalue weighted by atomic mass is 10.0. The van der Waals surface area contributed by atoms with Gasteiger partial charge in [-0.05, 0) is 36.8 Å². The first-order chi connectivity index (χ1) is 11.6. The second-order valence-corrected chi connectivity index (χ2v) is 6.05. The number of ketones is 1. The fraction of sp³-hybridized carbons (Fsp3) is 0.263. The van der Waals surface area contributed by atoms with Gasteiger partial charge in [-0.15, -0.1) is 0 Å². The Balaban J connectivity index is 1.92. The van der Waals surface area contributed by atoms with Gasteiger partial charge in [0.25, 0.3) is 0 Å². The molecule has 1 amide bonds. The third kappa shape index (κ3) is 2.42. The van der Waals surface area contributed by atoms with Crippen molar-refractivity contribution in [3.8, 4) is 11.5 Å². The summed E-state index contributed by atoms with van der Waals surface area (Å²) in [6, 6.07) is 11.3. The van der Waals surface area contributed by atoms with Crippen LogP contribution in [0.4, 0.5) is 11.4 Å². The Bertz CT molecular complexity index is 843. The number of ether oxygens (including phenoxy) is 2. The van der Waals surface area contributed by atoms with Crippen LogP contribution in [0.1, 0.15) is 17.5 Å². The van der Waals surface area contributed by atoms with Gasteiger partial charge in [-0.25, -0.2) is 0 Å². The zero-order valence-corrected chi connectivity index (χ0v) is 13.4. The molecule has 0 N–H and O–H groups in total. The van der Waals surface area contributed by atoms with Crippen LogP contribution in [0.3, 0.4) is 0 Å². The molecule has 0 saturated carbocycles. The number of Topliss-reactive ketones (excluding diaryl/α,β-unsaturated/α-hetero) is 1. The number of anilines is 2. The second kappa shape index (κ2) is 5.67. The highest BCUT2D eigenvalue weighted by atomic mass is 16.6. The topological polar surface area (TPSA) is 55.8 Å². The van der Waals surface area contributed by atoms with Crippen molar-refractivity contribution in [1.29, 1.82) is 0 Å². The van der Waals surface area contributed by atoms with Crippen molar-refractivity contribution in [3.63, 3.8) is 0 Å². The first kappa shape index (κ1) is 14.8. The normalized spacial score (nSPS) is 16.6. The first-order valence-corrected chi connectivity index (χ1v) is 7.96. The summed E-state index contributed by atoms with van der Waals surface area (Å²) in [4.78, 5) is 26.6. The molecule has 0 radical (unpaired) electrons. The van der Waals surface area contributed by atoms with E-state index in [9.17, 15) is 9.59 Å². The van der Waals surface area contributed by atoms with Crippen LogP contribution in [-0.4, -0.2) is 24.9 Å². The Morgan fingerprint density at radius 3 is 2.67 bits per heavy atom. The number of rotatable bonds is 1. The van der Waals surface area contributed by atoms with E-state index in [4.69, 9.17) is 9.47 Å². The van der Waals surface area contributed by atoms with Crippen molar-refractivity contribution in [2.24, 2.45) is 0 Å². The molecular weight excluding hydrogens is 306 g/mol. The van der Waals surface area contributed by atoms with Gasteiger partial charge < -0.3 is 9.47 Å². The number of fused-ring (bicyclic) bond motifs is 3. The summed E-state index contributed by atoms with van der Waals surface area (Å²) >= 11 is 0. The number of nitrogens with zero attached hydrogens (tertiary/aromatic N) is 1. The fourth-order valence-corrected chi connectivity index (χ4v) is 3.24. The van der Waals surface area contributed by atoms with Crippen molar-refractivity contribution < 1.29 is 19.1 Å². The standard InChI is InChI=1S/C19H17NO4/c1-12-3-2-4-13(9-12)20-16-5-6-17-19(24-8-7-23-17)15(16)10-14(21)11-18(20)22/h2-6,9H,7-8,10-11H2,1H3. The number of carbonyl (C=O) groups is 2. The third-order valence-electron chi connectivity index (χ3n) is 4.26. The molecular formula is C19H17NO4. The van der Waals surface area contributed by atoms with E-state index in [2.05, 4.69) is 0 Å². The SMILES string of the molecule is Cc1cccc(N2C(=O)CC(=O)Cc3c2ccc2c3OCCO2)c1. The van der Waals surface area contributed by atoms with Crippen LogP contribution in [0.15, 0.2) is 36.4 Å². The molecule has 122 valence electrons. The highest BCUT2D eigenvalue weighted by molar-refractivity contribution is 6.13. The molecule has 0 atom stereocenters. The van der Waals surface area contributed by atoms with Crippen LogP contribution in [0.5, 0.6) is 11.5 Å². The van der Waals surface area contributed by atoms with E-state index >= 15 is 0 Å². The van der Waals surface area contributed by atoms with Gasteiger partial charge in [-0.2, -0.15) is 0 Å². The van der Waals surface area contributed by atoms with Crippen LogP contribution in [-0.2, 0) is 16.0 Å². The smallest absolute Gasteiger partial charge is 0.239 e. The van der Waals surface area contributed by atoms with Crippen molar-refractivity contribution in [2.75, 3.05) is 18.1 Å². The summed E-state index contributed by atoms with van der Waals surface area (Å²) in [6.45, 7) is 2.90. The molecule has 2 aromatic rings. The third-order valence-corrected chi connectivity index (χ3v) is 4.26. The molecule has 0 saturated heterocycles. The molecule has 24 heavy (non-hydrogen) atoms. The Hall–Kier alpha value is -2.82. The van der Waals surface area contributed by atoms with E-state index < -0.39 is 0 Å². The van der Waals surface area contributed by atoms with E-state index in [1.165, 1.54) is 0 Å². The molecule has 2 aromatic carbocycles. The Morgan fingerprint density at radius 2 is 1.83 bits per heavy atom. The molecule has 5 nitrogen and oxygen atoms in total. The molecule has 5 heteroatoms. The molecule has 0 aliphatic carbocycles. The van der Waals surface area contributed by atoms with Crippen molar-refractivity contribution in [3.05, 3.63) is 47.5 Å². The van der Waals surface area contributed by atoms with Crippen LogP contribution in [0.2, 0.25) is 0 Å².